The number of ketones is 3. The van der Waals surface area contributed by atoms with Gasteiger partial charge in [-0.15, -0.1) is 0 Å². The van der Waals surface area contributed by atoms with Gasteiger partial charge in [0.2, 0.25) is 0 Å². The summed E-state index contributed by atoms with van der Waals surface area (Å²) in [4.78, 5) is 92.6. The first kappa shape index (κ1) is 54.3. The highest BCUT2D eigenvalue weighted by Crippen LogP contribution is 2.46. The number of aromatic nitrogens is 3. The number of hydrogen-bond donors (Lipinski definition) is 6. The second-order valence-corrected chi connectivity index (χ2v) is 23.5. The van der Waals surface area contributed by atoms with Crippen LogP contribution in [0.3, 0.4) is 0 Å². The van der Waals surface area contributed by atoms with Gasteiger partial charge < -0.3 is 60.3 Å². The zero-order valence-electron chi connectivity index (χ0n) is 46.7. The number of carbonyl (C=O) groups excluding carboxylic acids is 6. The molecule has 6 aliphatic rings. The van der Waals surface area contributed by atoms with Crippen LogP contribution in [-0.2, 0) is 33.6 Å². The first-order valence-corrected chi connectivity index (χ1v) is 27.7. The van der Waals surface area contributed by atoms with Crippen LogP contribution in [-0.4, -0.2) is 198 Å². The van der Waals surface area contributed by atoms with Crippen LogP contribution in [0.25, 0.3) is 32.7 Å². The standard InChI is InChI=1S/3C20H26N4O2/c3*1-12(25)10-24(3)20(26)22-14-8-16-15-5-4-6-17-19(15)13(9-21-17)7-18(16)23(2)11-14/h3*4-6,9,14,16,18,21H,7-8,10-11H2,1-3H3,(H,22,26)/t3*14-,16+,18+/m000/s1. The highest BCUT2D eigenvalue weighted by Gasteiger charge is 2.43. The summed E-state index contributed by atoms with van der Waals surface area (Å²) in [6.07, 6.45) is 12.3. The number of likely N-dealkylation sites (tertiary alicyclic amines) is 3. The van der Waals surface area contributed by atoms with Crippen LogP contribution < -0.4 is 16.0 Å². The first-order chi connectivity index (χ1) is 37.3. The maximum absolute atomic E-state index is 12.4. The number of Topliss-reactive ketones (excluding diaryl/α,β-unsaturated/α-hetero) is 3. The molecule has 6 amide bonds. The van der Waals surface area contributed by atoms with Gasteiger partial charge in [-0.05, 0) is 132 Å². The highest BCUT2D eigenvalue weighted by molar-refractivity contribution is 5.91. The van der Waals surface area contributed by atoms with E-state index in [9.17, 15) is 28.8 Å². The summed E-state index contributed by atoms with van der Waals surface area (Å²) in [5.74, 6) is 1.18. The van der Waals surface area contributed by atoms with Crippen molar-refractivity contribution in [2.24, 2.45) is 0 Å². The number of likely N-dealkylation sites (N-methyl/N-ethyl adjacent to an activating group) is 6. The number of piperidine rings is 3. The minimum absolute atomic E-state index is 0.0116. The van der Waals surface area contributed by atoms with Crippen molar-refractivity contribution < 1.29 is 28.8 Å². The lowest BCUT2D eigenvalue weighted by Gasteiger charge is -2.45. The molecule has 3 aromatic heterocycles. The van der Waals surface area contributed by atoms with Crippen LogP contribution >= 0.6 is 0 Å². The Morgan fingerprint density at radius 2 is 0.731 bits per heavy atom. The van der Waals surface area contributed by atoms with E-state index in [1.54, 1.807) is 21.1 Å². The molecule has 0 bridgehead atoms. The van der Waals surface area contributed by atoms with E-state index < -0.39 is 0 Å². The van der Waals surface area contributed by atoms with Crippen molar-refractivity contribution in [1.29, 1.82) is 0 Å². The summed E-state index contributed by atoms with van der Waals surface area (Å²) in [6.45, 7) is 7.43. The second kappa shape index (κ2) is 22.4. The molecule has 12 rings (SSSR count). The van der Waals surface area contributed by atoms with Crippen molar-refractivity contribution in [2.75, 3.05) is 81.6 Å². The Morgan fingerprint density at radius 3 is 0.987 bits per heavy atom. The van der Waals surface area contributed by atoms with Gasteiger partial charge in [-0.1, -0.05) is 36.4 Å². The van der Waals surface area contributed by atoms with E-state index >= 15 is 0 Å². The lowest BCUT2D eigenvalue weighted by molar-refractivity contribution is -0.118. The van der Waals surface area contributed by atoms with Gasteiger partial charge in [-0.25, -0.2) is 14.4 Å². The SMILES string of the molecule is CC(=O)CN(C)C(=O)N[C@H]1C[C@@H]2c3cccc4[nH]cc(c34)C[C@H]2N(C)C1.CC(=O)CN(C)C(=O)N[C@H]1C[C@@H]2c3cccc4[nH]cc(c34)C[C@H]2N(C)C1.CC(=O)CN(C)C(=O)N[C@H]1C[C@@H]2c3cccc4[nH]cc(c34)C[C@H]2N(C)C1. The van der Waals surface area contributed by atoms with Gasteiger partial charge in [0.25, 0.3) is 0 Å². The Morgan fingerprint density at radius 1 is 0.462 bits per heavy atom. The van der Waals surface area contributed by atoms with E-state index in [1.165, 1.54) is 102 Å². The van der Waals surface area contributed by atoms with Crippen LogP contribution in [0, 0.1) is 0 Å². The van der Waals surface area contributed by atoms with Crippen LogP contribution in [0.2, 0.25) is 0 Å². The number of nitrogens with zero attached hydrogens (tertiary/aromatic N) is 6. The van der Waals surface area contributed by atoms with E-state index in [-0.39, 0.29) is 73.2 Å². The molecule has 0 saturated carbocycles. The third-order valence-corrected chi connectivity index (χ3v) is 17.6. The van der Waals surface area contributed by atoms with Crippen molar-refractivity contribution >= 4 is 68.2 Å². The Balaban J connectivity index is 0.000000132. The fourth-order valence-electron chi connectivity index (χ4n) is 14.2. The number of urea groups is 3. The van der Waals surface area contributed by atoms with E-state index in [1.807, 2.05) is 0 Å². The lowest BCUT2D eigenvalue weighted by Crippen LogP contribution is -2.56. The summed E-state index contributed by atoms with van der Waals surface area (Å²) < 4.78 is 0. The van der Waals surface area contributed by atoms with Crippen molar-refractivity contribution in [2.45, 2.75) is 113 Å². The average molecular weight is 1060 g/mol. The first-order valence-electron chi connectivity index (χ1n) is 27.7. The maximum atomic E-state index is 12.4. The van der Waals surface area contributed by atoms with Gasteiger partial charge in [0, 0.05) is 146 Å². The summed E-state index contributed by atoms with van der Waals surface area (Å²) >= 11 is 0. The molecule has 0 spiro atoms. The second-order valence-electron chi connectivity index (χ2n) is 23.5. The molecule has 3 aliphatic heterocycles. The summed E-state index contributed by atoms with van der Waals surface area (Å²) in [5, 5.41) is 13.5. The minimum atomic E-state index is -0.173. The Bertz CT molecular complexity index is 2910. The van der Waals surface area contributed by atoms with Gasteiger partial charge in [0.1, 0.15) is 17.3 Å². The molecule has 3 aliphatic carbocycles. The Hall–Kier alpha value is -7.02. The average Bonchev–Trinajstić information content (AvgIpc) is 4.23. The molecule has 6 N–H and O–H groups in total. The monoisotopic (exact) mass is 1060 g/mol. The van der Waals surface area contributed by atoms with Gasteiger partial charge in [0.05, 0.1) is 19.6 Å². The molecule has 0 unspecified atom stereocenters. The highest BCUT2D eigenvalue weighted by atomic mass is 16.2. The molecule has 6 heterocycles. The van der Waals surface area contributed by atoms with E-state index in [0.29, 0.717) is 35.9 Å². The zero-order chi connectivity index (χ0) is 55.3. The fourth-order valence-corrected chi connectivity index (χ4v) is 14.2. The summed E-state index contributed by atoms with van der Waals surface area (Å²) in [7, 11) is 11.4. The fraction of sp³-hybridized carbons (Fsp3) is 0.500. The van der Waals surface area contributed by atoms with Crippen LogP contribution in [0.1, 0.15) is 91.2 Å². The molecule has 3 fully saturated rings. The number of benzene rings is 3. The number of rotatable bonds is 9. The molecule has 18 heteroatoms. The molecule has 18 nitrogen and oxygen atoms in total. The predicted molar refractivity (Wildman–Crippen MR) is 304 cm³/mol. The molecular weight excluding hydrogens is 985 g/mol. The molecule has 3 saturated heterocycles. The van der Waals surface area contributed by atoms with Gasteiger partial charge in [-0.2, -0.15) is 0 Å². The zero-order valence-corrected chi connectivity index (χ0v) is 46.7. The van der Waals surface area contributed by atoms with Crippen molar-refractivity contribution in [3.05, 3.63) is 107 Å². The Kier molecular flexibility index (Phi) is 15.6. The van der Waals surface area contributed by atoms with Crippen LogP contribution in [0.15, 0.2) is 73.2 Å². The van der Waals surface area contributed by atoms with E-state index in [0.717, 1.165) is 58.2 Å². The van der Waals surface area contributed by atoms with E-state index in [4.69, 9.17) is 0 Å². The number of amides is 6. The van der Waals surface area contributed by atoms with Gasteiger partial charge in [0.15, 0.2) is 0 Å². The summed E-state index contributed by atoms with van der Waals surface area (Å²) in [5.41, 5.74) is 11.9. The number of carbonyl (C=O) groups is 6. The lowest BCUT2D eigenvalue weighted by atomic mass is 9.74. The third kappa shape index (κ3) is 11.0. The number of fused-ring (bicyclic) bond motifs is 6. The number of hydrogen-bond acceptors (Lipinski definition) is 9. The molecule has 3 aromatic carbocycles. The normalized spacial score (nSPS) is 25.0. The number of H-pyrrole nitrogens is 3. The largest absolute Gasteiger partial charge is 0.361 e. The quantitative estimate of drug-likeness (QED) is 0.0956. The smallest absolute Gasteiger partial charge is 0.317 e. The van der Waals surface area contributed by atoms with Crippen LogP contribution in [0.4, 0.5) is 14.4 Å². The Labute approximate surface area is 457 Å². The minimum Gasteiger partial charge on any atom is -0.361 e. The predicted octanol–water partition coefficient (Wildman–Crippen LogP) is 6.33. The molecule has 6 aromatic rings. The van der Waals surface area contributed by atoms with Crippen molar-refractivity contribution in [1.82, 2.24) is 60.3 Å². The van der Waals surface area contributed by atoms with Crippen LogP contribution in [0.5, 0.6) is 0 Å². The summed E-state index contributed by atoms with van der Waals surface area (Å²) in [6, 6.07) is 20.6. The number of nitrogens with one attached hydrogen (secondary N) is 6. The van der Waals surface area contributed by atoms with Crippen molar-refractivity contribution in [3.63, 3.8) is 0 Å². The van der Waals surface area contributed by atoms with E-state index in [2.05, 4.69) is 140 Å². The van der Waals surface area contributed by atoms with Crippen molar-refractivity contribution in [3.8, 4) is 0 Å². The molecule has 78 heavy (non-hydrogen) atoms. The number of aromatic amines is 3. The third-order valence-electron chi connectivity index (χ3n) is 17.6. The molecule has 0 radical (unpaired) electrons. The van der Waals surface area contributed by atoms with Gasteiger partial charge in [-0.3, -0.25) is 14.4 Å². The maximum Gasteiger partial charge on any atom is 0.317 e. The molecule has 414 valence electrons. The topological polar surface area (TPSA) is 205 Å². The molecular formula is C60H78N12O6. The molecule has 9 atom stereocenters. The van der Waals surface area contributed by atoms with Gasteiger partial charge >= 0.3 is 18.1 Å².